The van der Waals surface area contributed by atoms with Gasteiger partial charge in [-0.1, -0.05) is 0 Å². The Labute approximate surface area is 106 Å². The molecular weight excluding hydrogens is 236 g/mol. The second-order valence-corrected chi connectivity index (χ2v) is 4.97. The predicted octanol–water partition coefficient (Wildman–Crippen LogP) is 1.62. The monoisotopic (exact) mass is 256 g/mol. The minimum atomic E-state index is 0.0326. The van der Waals surface area contributed by atoms with E-state index in [0.29, 0.717) is 19.5 Å². The quantitative estimate of drug-likeness (QED) is 0.806. The fraction of sp³-hybridized carbons (Fsp3) is 0.667. The van der Waals surface area contributed by atoms with Crippen LogP contribution in [0, 0.1) is 6.92 Å². The molecule has 1 aromatic heterocycles. The smallest absolute Gasteiger partial charge is 0.222 e. The summed E-state index contributed by atoms with van der Waals surface area (Å²) < 4.78 is 0. The van der Waals surface area contributed by atoms with Crippen molar-refractivity contribution in [3.8, 4) is 0 Å². The second kappa shape index (κ2) is 7.40. The number of likely N-dealkylation sites (N-methyl/N-ethyl adjacent to an activating group) is 1. The molecule has 4 nitrogen and oxygen atoms in total. The fourth-order valence-corrected chi connectivity index (χ4v) is 2.33. The summed E-state index contributed by atoms with van der Waals surface area (Å²) in [6.07, 6.45) is 2.21. The largest absolute Gasteiger partial charge is 0.395 e. The van der Waals surface area contributed by atoms with Crippen molar-refractivity contribution in [3.05, 3.63) is 16.1 Å². The Morgan fingerprint density at radius 3 is 2.88 bits per heavy atom. The molecule has 17 heavy (non-hydrogen) atoms. The topological polar surface area (TPSA) is 53.4 Å². The van der Waals surface area contributed by atoms with Crippen molar-refractivity contribution >= 4 is 17.2 Å². The number of aromatic nitrogens is 1. The van der Waals surface area contributed by atoms with Crippen LogP contribution in [0.1, 0.15) is 30.5 Å². The van der Waals surface area contributed by atoms with E-state index in [2.05, 4.69) is 4.98 Å². The molecule has 96 valence electrons. The highest BCUT2D eigenvalue weighted by Gasteiger charge is 2.10. The first-order valence-electron chi connectivity index (χ1n) is 5.97. The number of aliphatic hydroxyl groups excluding tert-OH is 1. The first-order chi connectivity index (χ1) is 8.17. The maximum absolute atomic E-state index is 11.8. The summed E-state index contributed by atoms with van der Waals surface area (Å²) in [5.41, 5.74) is 1.07. The van der Waals surface area contributed by atoms with Gasteiger partial charge < -0.3 is 10.0 Å². The Morgan fingerprint density at radius 2 is 2.35 bits per heavy atom. The molecule has 0 saturated carbocycles. The van der Waals surface area contributed by atoms with Gasteiger partial charge in [0.05, 0.1) is 17.3 Å². The van der Waals surface area contributed by atoms with E-state index in [4.69, 9.17) is 5.11 Å². The number of carbonyl (C=O) groups is 1. The zero-order chi connectivity index (χ0) is 12.7. The van der Waals surface area contributed by atoms with Gasteiger partial charge in [-0.15, -0.1) is 11.3 Å². The molecule has 0 bridgehead atoms. The van der Waals surface area contributed by atoms with Crippen LogP contribution >= 0.6 is 11.3 Å². The van der Waals surface area contributed by atoms with Crippen molar-refractivity contribution in [2.75, 3.05) is 19.7 Å². The first kappa shape index (κ1) is 14.1. The van der Waals surface area contributed by atoms with E-state index < -0.39 is 0 Å². The number of rotatable bonds is 7. The average molecular weight is 256 g/mol. The molecule has 0 unspecified atom stereocenters. The lowest BCUT2D eigenvalue weighted by atomic mass is 10.2. The maximum atomic E-state index is 11.8. The summed E-state index contributed by atoms with van der Waals surface area (Å²) in [7, 11) is 0. The van der Waals surface area contributed by atoms with Gasteiger partial charge in [-0.3, -0.25) is 4.79 Å². The van der Waals surface area contributed by atoms with Gasteiger partial charge >= 0.3 is 0 Å². The zero-order valence-electron chi connectivity index (χ0n) is 10.5. The van der Waals surface area contributed by atoms with Crippen molar-refractivity contribution in [2.45, 2.75) is 33.1 Å². The number of aryl methyl sites for hydroxylation is 2. The molecule has 1 aromatic rings. The van der Waals surface area contributed by atoms with Crippen molar-refractivity contribution in [2.24, 2.45) is 0 Å². The number of hydrogen-bond acceptors (Lipinski definition) is 4. The normalized spacial score (nSPS) is 10.5. The van der Waals surface area contributed by atoms with E-state index in [1.807, 2.05) is 19.2 Å². The van der Waals surface area contributed by atoms with E-state index in [1.54, 1.807) is 16.2 Å². The molecule has 1 rings (SSSR count). The van der Waals surface area contributed by atoms with Crippen LogP contribution in [0.4, 0.5) is 0 Å². The number of thiazole rings is 1. The van der Waals surface area contributed by atoms with E-state index in [1.165, 1.54) is 0 Å². The highest BCUT2D eigenvalue weighted by atomic mass is 32.1. The molecule has 0 atom stereocenters. The zero-order valence-corrected chi connectivity index (χ0v) is 11.3. The van der Waals surface area contributed by atoms with Crippen molar-refractivity contribution < 1.29 is 9.90 Å². The summed E-state index contributed by atoms with van der Waals surface area (Å²) in [6, 6.07) is 0. The molecule has 0 aliphatic heterocycles. The molecule has 0 aliphatic carbocycles. The highest BCUT2D eigenvalue weighted by Crippen LogP contribution is 2.11. The van der Waals surface area contributed by atoms with Crippen LogP contribution in [0.2, 0.25) is 0 Å². The molecule has 1 amide bonds. The highest BCUT2D eigenvalue weighted by molar-refractivity contribution is 7.09. The molecule has 1 heterocycles. The van der Waals surface area contributed by atoms with Crippen LogP contribution in [0.3, 0.4) is 0 Å². The van der Waals surface area contributed by atoms with Crippen LogP contribution in [0.5, 0.6) is 0 Å². The molecular formula is C12H20N2O2S. The third kappa shape index (κ3) is 4.83. The minimum Gasteiger partial charge on any atom is -0.395 e. The van der Waals surface area contributed by atoms with Crippen LogP contribution in [0.15, 0.2) is 5.38 Å². The molecule has 0 aromatic carbocycles. The van der Waals surface area contributed by atoms with Crippen LogP contribution in [-0.4, -0.2) is 40.6 Å². The van der Waals surface area contributed by atoms with Crippen molar-refractivity contribution in [1.82, 2.24) is 9.88 Å². The lowest BCUT2D eigenvalue weighted by Crippen LogP contribution is -2.33. The first-order valence-corrected chi connectivity index (χ1v) is 6.85. The van der Waals surface area contributed by atoms with E-state index >= 15 is 0 Å². The molecule has 0 radical (unpaired) electrons. The third-order valence-electron chi connectivity index (χ3n) is 2.59. The second-order valence-electron chi connectivity index (χ2n) is 3.91. The molecule has 0 spiro atoms. The lowest BCUT2D eigenvalue weighted by Gasteiger charge is -2.19. The third-order valence-corrected chi connectivity index (χ3v) is 3.42. The fourth-order valence-electron chi connectivity index (χ4n) is 1.68. The van der Waals surface area contributed by atoms with Crippen molar-refractivity contribution in [1.29, 1.82) is 0 Å². The lowest BCUT2D eigenvalue weighted by molar-refractivity contribution is -0.131. The number of carbonyl (C=O) groups excluding carboxylic acids is 1. The van der Waals surface area contributed by atoms with Gasteiger partial charge in [0.25, 0.3) is 0 Å². The summed E-state index contributed by atoms with van der Waals surface area (Å²) in [4.78, 5) is 17.8. The van der Waals surface area contributed by atoms with Crippen LogP contribution in [-0.2, 0) is 11.2 Å². The standard InChI is InChI=1S/C12H20N2O2S/c1-3-14(7-8-15)12(16)6-4-5-11-9-17-10(2)13-11/h9,15H,3-8H2,1-2H3. The number of hydrogen-bond donors (Lipinski definition) is 1. The van der Waals surface area contributed by atoms with Crippen LogP contribution < -0.4 is 0 Å². The van der Waals surface area contributed by atoms with Gasteiger partial charge in [-0.05, 0) is 26.7 Å². The van der Waals surface area contributed by atoms with E-state index in [9.17, 15) is 4.79 Å². The Kier molecular flexibility index (Phi) is 6.15. The number of nitrogens with zero attached hydrogens (tertiary/aromatic N) is 2. The predicted molar refractivity (Wildman–Crippen MR) is 69.1 cm³/mol. The Morgan fingerprint density at radius 1 is 1.59 bits per heavy atom. The molecule has 5 heteroatoms. The Hall–Kier alpha value is -0.940. The van der Waals surface area contributed by atoms with Gasteiger partial charge in [0.1, 0.15) is 0 Å². The van der Waals surface area contributed by atoms with E-state index in [-0.39, 0.29) is 12.5 Å². The summed E-state index contributed by atoms with van der Waals surface area (Å²) in [6.45, 7) is 5.04. The number of aliphatic hydroxyl groups is 1. The van der Waals surface area contributed by atoms with Crippen LogP contribution in [0.25, 0.3) is 0 Å². The average Bonchev–Trinajstić information content (AvgIpc) is 2.71. The molecule has 1 N–H and O–H groups in total. The Bertz CT molecular complexity index is 352. The SMILES string of the molecule is CCN(CCO)C(=O)CCCc1csc(C)n1. The van der Waals surface area contributed by atoms with Gasteiger partial charge in [-0.25, -0.2) is 4.98 Å². The van der Waals surface area contributed by atoms with Gasteiger partial charge in [0.15, 0.2) is 0 Å². The molecule has 0 aliphatic rings. The summed E-state index contributed by atoms with van der Waals surface area (Å²) in [5.74, 6) is 0.119. The maximum Gasteiger partial charge on any atom is 0.222 e. The molecule has 0 saturated heterocycles. The van der Waals surface area contributed by atoms with E-state index in [0.717, 1.165) is 23.5 Å². The van der Waals surface area contributed by atoms with Gasteiger partial charge in [0.2, 0.25) is 5.91 Å². The van der Waals surface area contributed by atoms with Gasteiger partial charge in [-0.2, -0.15) is 0 Å². The minimum absolute atomic E-state index is 0.0326. The van der Waals surface area contributed by atoms with Crippen molar-refractivity contribution in [3.63, 3.8) is 0 Å². The van der Waals surface area contributed by atoms with Gasteiger partial charge in [0, 0.05) is 24.9 Å². The Balaban J connectivity index is 2.28. The summed E-state index contributed by atoms with van der Waals surface area (Å²) >= 11 is 1.64. The number of amides is 1. The molecule has 0 fully saturated rings. The summed E-state index contributed by atoms with van der Waals surface area (Å²) in [5, 5.41) is 11.9.